The van der Waals surface area contributed by atoms with Crippen LogP contribution >= 0.6 is 11.6 Å². The smallest absolute Gasteiger partial charge is 0.381 e. The van der Waals surface area contributed by atoms with Crippen LogP contribution in [-0.4, -0.2) is 43.2 Å². The summed E-state index contributed by atoms with van der Waals surface area (Å²) in [6.45, 7) is 2.30. The van der Waals surface area contributed by atoms with Gasteiger partial charge >= 0.3 is 6.18 Å². The van der Waals surface area contributed by atoms with E-state index in [0.29, 0.717) is 32.1 Å². The largest absolute Gasteiger partial charge is 0.417 e. The summed E-state index contributed by atoms with van der Waals surface area (Å²) in [5.41, 5.74) is -0.878. The number of anilines is 1. The van der Waals surface area contributed by atoms with Crippen LogP contribution in [0.15, 0.2) is 12.3 Å². The van der Waals surface area contributed by atoms with Gasteiger partial charge in [0.2, 0.25) is 5.91 Å². The summed E-state index contributed by atoms with van der Waals surface area (Å²) in [6.07, 6.45) is -0.603. The molecule has 144 valence electrons. The van der Waals surface area contributed by atoms with Gasteiger partial charge in [-0.15, -0.1) is 0 Å². The van der Waals surface area contributed by atoms with Crippen LogP contribution in [0.4, 0.5) is 19.0 Å². The first-order valence-electron chi connectivity index (χ1n) is 8.70. The average molecular weight is 392 g/mol. The van der Waals surface area contributed by atoms with E-state index in [0.717, 1.165) is 37.9 Å². The Kier molecular flexibility index (Phi) is 5.92. The molecule has 5 nitrogen and oxygen atoms in total. The Morgan fingerprint density at radius 1 is 1.31 bits per heavy atom. The Bertz CT molecular complexity index is 651. The Balaban J connectivity index is 1.65. The Morgan fingerprint density at radius 3 is 2.69 bits per heavy atom. The molecule has 2 aliphatic heterocycles. The Morgan fingerprint density at radius 2 is 2.04 bits per heavy atom. The molecule has 0 saturated carbocycles. The number of halogens is 4. The van der Waals surface area contributed by atoms with Crippen LogP contribution in [0.3, 0.4) is 0 Å². The molecular formula is C17H21ClF3N3O2. The highest BCUT2D eigenvalue weighted by Gasteiger charge is 2.33. The lowest BCUT2D eigenvalue weighted by Crippen LogP contribution is -2.47. The van der Waals surface area contributed by atoms with Gasteiger partial charge in [0.1, 0.15) is 5.82 Å². The van der Waals surface area contributed by atoms with E-state index in [1.807, 2.05) is 0 Å². The van der Waals surface area contributed by atoms with Crippen molar-refractivity contribution in [2.45, 2.75) is 37.9 Å². The molecule has 1 unspecified atom stereocenters. The molecule has 2 saturated heterocycles. The predicted molar refractivity (Wildman–Crippen MR) is 91.2 cm³/mol. The first kappa shape index (κ1) is 19.2. The number of nitrogens with one attached hydrogen (secondary N) is 1. The summed E-state index contributed by atoms with van der Waals surface area (Å²) in [4.78, 5) is 18.2. The van der Waals surface area contributed by atoms with Gasteiger partial charge in [-0.05, 0) is 31.7 Å². The minimum Gasteiger partial charge on any atom is -0.381 e. The quantitative estimate of drug-likeness (QED) is 0.859. The maximum atomic E-state index is 12.8. The van der Waals surface area contributed by atoms with Crippen molar-refractivity contribution in [1.29, 1.82) is 0 Å². The molecule has 3 heterocycles. The molecule has 0 radical (unpaired) electrons. The van der Waals surface area contributed by atoms with Crippen molar-refractivity contribution in [2.24, 2.45) is 5.92 Å². The van der Waals surface area contributed by atoms with E-state index in [-0.39, 0.29) is 22.9 Å². The molecule has 0 aromatic carbocycles. The van der Waals surface area contributed by atoms with Crippen molar-refractivity contribution in [3.8, 4) is 0 Å². The zero-order valence-corrected chi connectivity index (χ0v) is 14.9. The highest BCUT2D eigenvalue weighted by Crippen LogP contribution is 2.34. The normalized spacial score (nSPS) is 22.3. The molecule has 2 aliphatic rings. The first-order chi connectivity index (χ1) is 12.3. The van der Waals surface area contributed by atoms with Gasteiger partial charge in [0.25, 0.3) is 0 Å². The summed E-state index contributed by atoms with van der Waals surface area (Å²) < 4.78 is 43.6. The van der Waals surface area contributed by atoms with E-state index < -0.39 is 11.7 Å². The van der Waals surface area contributed by atoms with Gasteiger partial charge in [0, 0.05) is 38.5 Å². The topological polar surface area (TPSA) is 54.5 Å². The third kappa shape index (κ3) is 4.59. The van der Waals surface area contributed by atoms with Crippen molar-refractivity contribution in [3.05, 3.63) is 22.8 Å². The molecule has 1 amide bonds. The number of carbonyl (C=O) groups is 1. The lowest BCUT2D eigenvalue weighted by Gasteiger charge is -2.34. The second-order valence-electron chi connectivity index (χ2n) is 6.71. The zero-order valence-electron chi connectivity index (χ0n) is 14.2. The fraction of sp³-hybridized carbons (Fsp3) is 0.647. The summed E-state index contributed by atoms with van der Waals surface area (Å²) in [5.74, 6) is 0.0413. The van der Waals surface area contributed by atoms with E-state index in [4.69, 9.17) is 16.3 Å². The number of hydrogen-bond acceptors (Lipinski definition) is 4. The Hall–Kier alpha value is -1.54. The van der Waals surface area contributed by atoms with Crippen LogP contribution in [0.2, 0.25) is 5.02 Å². The van der Waals surface area contributed by atoms with Crippen molar-refractivity contribution < 1.29 is 22.7 Å². The molecular weight excluding hydrogens is 371 g/mol. The Labute approximate surface area is 154 Å². The molecule has 2 fully saturated rings. The maximum Gasteiger partial charge on any atom is 0.417 e. The number of amides is 1. The number of alkyl halides is 3. The zero-order chi connectivity index (χ0) is 18.7. The highest BCUT2D eigenvalue weighted by atomic mass is 35.5. The SMILES string of the molecule is O=C(NC1CCOCC1)C1CCCN(c2ncc(C(F)(F)F)cc2Cl)C1. The first-order valence-corrected chi connectivity index (χ1v) is 9.08. The molecule has 1 N–H and O–H groups in total. The average Bonchev–Trinajstić information content (AvgIpc) is 2.62. The van der Waals surface area contributed by atoms with Gasteiger partial charge in [0.05, 0.1) is 16.5 Å². The van der Waals surface area contributed by atoms with Crippen LogP contribution < -0.4 is 10.2 Å². The van der Waals surface area contributed by atoms with Gasteiger partial charge in [-0.2, -0.15) is 13.2 Å². The summed E-state index contributed by atoms with van der Waals surface area (Å²) in [7, 11) is 0. The second kappa shape index (κ2) is 8.00. The van der Waals surface area contributed by atoms with E-state index >= 15 is 0 Å². The molecule has 26 heavy (non-hydrogen) atoms. The monoisotopic (exact) mass is 391 g/mol. The third-order valence-electron chi connectivity index (χ3n) is 4.81. The van der Waals surface area contributed by atoms with Crippen LogP contribution in [-0.2, 0) is 15.7 Å². The minimum absolute atomic E-state index is 0.0235. The third-order valence-corrected chi connectivity index (χ3v) is 5.09. The maximum absolute atomic E-state index is 12.8. The predicted octanol–water partition coefficient (Wildman–Crippen LogP) is 3.27. The lowest BCUT2D eigenvalue weighted by atomic mass is 9.96. The minimum atomic E-state index is -4.48. The molecule has 0 bridgehead atoms. The van der Waals surface area contributed by atoms with Crippen molar-refractivity contribution >= 4 is 23.3 Å². The standard InChI is InChI=1S/C17H21ClF3N3O2/c18-14-8-12(17(19,20)21)9-22-15(14)24-5-1-2-11(10-24)16(25)23-13-3-6-26-7-4-13/h8-9,11,13H,1-7,10H2,(H,23,25). The number of carbonyl (C=O) groups excluding carboxylic acids is 1. The van der Waals surface area contributed by atoms with Crippen LogP contribution in [0.25, 0.3) is 0 Å². The van der Waals surface area contributed by atoms with Gasteiger partial charge in [-0.3, -0.25) is 4.79 Å². The van der Waals surface area contributed by atoms with Crippen molar-refractivity contribution in [3.63, 3.8) is 0 Å². The number of rotatable bonds is 3. The van der Waals surface area contributed by atoms with Gasteiger partial charge < -0.3 is 15.0 Å². The van der Waals surface area contributed by atoms with Crippen molar-refractivity contribution in [2.75, 3.05) is 31.2 Å². The van der Waals surface area contributed by atoms with Gasteiger partial charge in [-0.25, -0.2) is 4.98 Å². The summed E-state index contributed by atoms with van der Waals surface area (Å²) in [5, 5.41) is 3.01. The van der Waals surface area contributed by atoms with Crippen LogP contribution in [0.1, 0.15) is 31.2 Å². The summed E-state index contributed by atoms with van der Waals surface area (Å²) in [6, 6.07) is 1.01. The van der Waals surface area contributed by atoms with Crippen LogP contribution in [0.5, 0.6) is 0 Å². The second-order valence-corrected chi connectivity index (χ2v) is 7.11. The van der Waals surface area contributed by atoms with Gasteiger partial charge in [0.15, 0.2) is 0 Å². The molecule has 0 spiro atoms. The number of aromatic nitrogens is 1. The number of hydrogen-bond donors (Lipinski definition) is 1. The lowest BCUT2D eigenvalue weighted by molar-refractivity contribution is -0.137. The van der Waals surface area contributed by atoms with Crippen LogP contribution in [0, 0.1) is 5.92 Å². The van der Waals surface area contributed by atoms with Gasteiger partial charge in [-0.1, -0.05) is 11.6 Å². The molecule has 1 atom stereocenters. The number of pyridine rings is 1. The number of nitrogens with zero attached hydrogens (tertiary/aromatic N) is 2. The van der Waals surface area contributed by atoms with E-state index in [9.17, 15) is 18.0 Å². The highest BCUT2D eigenvalue weighted by molar-refractivity contribution is 6.33. The molecule has 1 aromatic heterocycles. The molecule has 1 aromatic rings. The molecule has 0 aliphatic carbocycles. The summed E-state index contributed by atoms with van der Waals surface area (Å²) >= 11 is 6.03. The number of piperidine rings is 1. The van der Waals surface area contributed by atoms with E-state index in [2.05, 4.69) is 10.3 Å². The molecule has 9 heteroatoms. The molecule has 3 rings (SSSR count). The fourth-order valence-electron chi connectivity index (χ4n) is 3.36. The van der Waals surface area contributed by atoms with E-state index in [1.54, 1.807) is 4.90 Å². The van der Waals surface area contributed by atoms with E-state index in [1.165, 1.54) is 0 Å². The fourth-order valence-corrected chi connectivity index (χ4v) is 3.65. The number of ether oxygens (including phenoxy) is 1. The van der Waals surface area contributed by atoms with Crippen molar-refractivity contribution in [1.82, 2.24) is 10.3 Å².